The van der Waals surface area contributed by atoms with E-state index in [2.05, 4.69) is 15.0 Å². The lowest BCUT2D eigenvalue weighted by Gasteiger charge is -2.34. The van der Waals surface area contributed by atoms with Gasteiger partial charge in [0, 0.05) is 69.8 Å². The Bertz CT molecular complexity index is 1220. The lowest BCUT2D eigenvalue weighted by Crippen LogP contribution is -2.48. The SMILES string of the molecule is CCN(Cc1ccccc1)C(=O)CCc1nc(CN2CCN(C(=O)c3cccc([N+](=O)[O-])c3)CC2)no1. The van der Waals surface area contributed by atoms with Gasteiger partial charge in [0.1, 0.15) is 0 Å². The fourth-order valence-electron chi connectivity index (χ4n) is 4.25. The van der Waals surface area contributed by atoms with Crippen LogP contribution in [0.4, 0.5) is 5.69 Å². The molecule has 4 rings (SSSR count). The van der Waals surface area contributed by atoms with Crippen molar-refractivity contribution in [3.8, 4) is 0 Å². The third-order valence-electron chi connectivity index (χ3n) is 6.34. The number of benzene rings is 2. The first-order valence-corrected chi connectivity index (χ1v) is 12.3. The van der Waals surface area contributed by atoms with Crippen LogP contribution in [0.3, 0.4) is 0 Å². The number of carbonyl (C=O) groups excluding carboxylic acids is 2. The number of aryl methyl sites for hydroxylation is 1. The van der Waals surface area contributed by atoms with Crippen LogP contribution < -0.4 is 0 Å². The second kappa shape index (κ2) is 12.2. The third kappa shape index (κ3) is 6.98. The zero-order chi connectivity index (χ0) is 26.2. The van der Waals surface area contributed by atoms with Crippen LogP contribution in [0, 0.1) is 10.1 Å². The van der Waals surface area contributed by atoms with Crippen LogP contribution >= 0.6 is 0 Å². The van der Waals surface area contributed by atoms with Gasteiger partial charge in [-0.05, 0) is 18.6 Å². The van der Waals surface area contributed by atoms with E-state index in [-0.39, 0.29) is 17.5 Å². The van der Waals surface area contributed by atoms with Gasteiger partial charge in [0.25, 0.3) is 11.6 Å². The number of amides is 2. The Morgan fingerprint density at radius 2 is 1.84 bits per heavy atom. The standard InChI is InChI=1S/C26H30N6O5/c1-2-30(18-20-7-4-3-5-8-20)25(33)12-11-24-27-23(28-37-24)19-29-13-15-31(16-14-29)26(34)21-9-6-10-22(17-21)32(35)36/h3-10,17H,2,11-16,18-19H2,1H3. The average Bonchev–Trinajstić information content (AvgIpc) is 3.38. The van der Waals surface area contributed by atoms with Crippen LogP contribution in [0.2, 0.25) is 0 Å². The van der Waals surface area contributed by atoms with Crippen molar-refractivity contribution in [3.05, 3.63) is 87.6 Å². The highest BCUT2D eigenvalue weighted by atomic mass is 16.6. The first-order chi connectivity index (χ1) is 17.9. The molecule has 194 valence electrons. The largest absolute Gasteiger partial charge is 0.339 e. The summed E-state index contributed by atoms with van der Waals surface area (Å²) in [6, 6.07) is 15.7. The Balaban J connectivity index is 1.23. The zero-order valence-corrected chi connectivity index (χ0v) is 20.8. The van der Waals surface area contributed by atoms with E-state index in [4.69, 9.17) is 4.52 Å². The molecule has 0 atom stereocenters. The Hall–Kier alpha value is -4.12. The summed E-state index contributed by atoms with van der Waals surface area (Å²) in [7, 11) is 0. The summed E-state index contributed by atoms with van der Waals surface area (Å²) in [5.74, 6) is 0.787. The Morgan fingerprint density at radius 3 is 2.54 bits per heavy atom. The summed E-state index contributed by atoms with van der Waals surface area (Å²) >= 11 is 0. The van der Waals surface area contributed by atoms with Crippen molar-refractivity contribution in [2.75, 3.05) is 32.7 Å². The molecule has 1 aliphatic rings. The van der Waals surface area contributed by atoms with E-state index in [1.807, 2.05) is 37.3 Å². The van der Waals surface area contributed by atoms with Crippen molar-refractivity contribution >= 4 is 17.5 Å². The topological polar surface area (TPSA) is 126 Å². The summed E-state index contributed by atoms with van der Waals surface area (Å²) in [5.41, 5.74) is 1.30. The third-order valence-corrected chi connectivity index (χ3v) is 6.34. The Labute approximate surface area is 214 Å². The van der Waals surface area contributed by atoms with Crippen LogP contribution in [0.15, 0.2) is 59.1 Å². The molecule has 0 bridgehead atoms. The molecule has 0 unspecified atom stereocenters. The molecule has 0 aliphatic carbocycles. The predicted octanol–water partition coefficient (Wildman–Crippen LogP) is 2.92. The van der Waals surface area contributed by atoms with Crippen LogP contribution in [-0.2, 0) is 24.3 Å². The van der Waals surface area contributed by atoms with E-state index >= 15 is 0 Å². The normalized spacial score (nSPS) is 13.9. The van der Waals surface area contributed by atoms with Crippen molar-refractivity contribution in [1.82, 2.24) is 24.8 Å². The van der Waals surface area contributed by atoms with Gasteiger partial charge in [-0.3, -0.25) is 24.6 Å². The van der Waals surface area contributed by atoms with E-state index in [0.29, 0.717) is 75.9 Å². The number of rotatable bonds is 10. The van der Waals surface area contributed by atoms with Crippen molar-refractivity contribution in [1.29, 1.82) is 0 Å². The van der Waals surface area contributed by atoms with Gasteiger partial charge in [0.05, 0.1) is 11.5 Å². The molecule has 3 aromatic rings. The lowest BCUT2D eigenvalue weighted by molar-refractivity contribution is -0.384. The van der Waals surface area contributed by atoms with Crippen molar-refractivity contribution in [2.24, 2.45) is 0 Å². The molecule has 2 heterocycles. The first-order valence-electron chi connectivity index (χ1n) is 12.3. The summed E-state index contributed by atoms with van der Waals surface area (Å²) in [6.45, 7) is 5.86. The number of carbonyl (C=O) groups is 2. The Morgan fingerprint density at radius 1 is 1.08 bits per heavy atom. The van der Waals surface area contributed by atoms with E-state index < -0.39 is 4.92 Å². The quantitative estimate of drug-likeness (QED) is 0.304. The molecular formula is C26H30N6O5. The molecule has 1 fully saturated rings. The molecule has 2 amide bonds. The van der Waals surface area contributed by atoms with Crippen molar-refractivity contribution in [2.45, 2.75) is 32.9 Å². The summed E-state index contributed by atoms with van der Waals surface area (Å²) in [6.07, 6.45) is 0.670. The molecule has 1 saturated heterocycles. The number of aromatic nitrogens is 2. The van der Waals surface area contributed by atoms with Crippen LogP contribution in [-0.4, -0.2) is 74.3 Å². The van der Waals surface area contributed by atoms with Crippen LogP contribution in [0.5, 0.6) is 0 Å². The number of nitro groups is 1. The zero-order valence-electron chi connectivity index (χ0n) is 20.8. The number of hydrogen-bond acceptors (Lipinski definition) is 8. The second-order valence-corrected chi connectivity index (χ2v) is 8.87. The minimum atomic E-state index is -0.506. The molecule has 11 nitrogen and oxygen atoms in total. The molecule has 0 radical (unpaired) electrons. The highest BCUT2D eigenvalue weighted by Crippen LogP contribution is 2.16. The molecule has 2 aromatic carbocycles. The molecule has 0 N–H and O–H groups in total. The van der Waals surface area contributed by atoms with Crippen molar-refractivity contribution in [3.63, 3.8) is 0 Å². The smallest absolute Gasteiger partial charge is 0.270 e. The average molecular weight is 507 g/mol. The van der Waals surface area contributed by atoms with Gasteiger partial charge in [0.2, 0.25) is 11.8 Å². The van der Waals surface area contributed by atoms with Gasteiger partial charge in [-0.1, -0.05) is 41.6 Å². The molecule has 1 aromatic heterocycles. The molecule has 11 heteroatoms. The van der Waals surface area contributed by atoms with E-state index in [1.165, 1.54) is 18.2 Å². The molecule has 37 heavy (non-hydrogen) atoms. The minimum Gasteiger partial charge on any atom is -0.339 e. The number of hydrogen-bond donors (Lipinski definition) is 0. The minimum absolute atomic E-state index is 0.0376. The van der Waals surface area contributed by atoms with E-state index in [1.54, 1.807) is 15.9 Å². The van der Waals surface area contributed by atoms with Crippen LogP contribution in [0.1, 0.15) is 41.0 Å². The van der Waals surface area contributed by atoms with Crippen LogP contribution in [0.25, 0.3) is 0 Å². The van der Waals surface area contributed by atoms with E-state index in [9.17, 15) is 19.7 Å². The maximum atomic E-state index is 12.8. The van der Waals surface area contributed by atoms with Gasteiger partial charge < -0.3 is 14.3 Å². The lowest BCUT2D eigenvalue weighted by atomic mass is 10.1. The summed E-state index contributed by atoms with van der Waals surface area (Å²) < 4.78 is 5.36. The van der Waals surface area contributed by atoms with Gasteiger partial charge in [-0.15, -0.1) is 0 Å². The summed E-state index contributed by atoms with van der Waals surface area (Å²) in [4.78, 5) is 46.0. The number of nitro benzene ring substituents is 1. The summed E-state index contributed by atoms with van der Waals surface area (Å²) in [5, 5.41) is 15.0. The fraction of sp³-hybridized carbons (Fsp3) is 0.385. The number of nitrogens with zero attached hydrogens (tertiary/aromatic N) is 6. The monoisotopic (exact) mass is 506 g/mol. The van der Waals surface area contributed by atoms with Gasteiger partial charge in [-0.25, -0.2) is 0 Å². The van der Waals surface area contributed by atoms with E-state index in [0.717, 1.165) is 5.56 Å². The number of piperazine rings is 1. The first kappa shape index (κ1) is 26.0. The Kier molecular flexibility index (Phi) is 8.57. The number of non-ortho nitro benzene ring substituents is 1. The van der Waals surface area contributed by atoms with Gasteiger partial charge in [0.15, 0.2) is 5.82 Å². The fourth-order valence-corrected chi connectivity index (χ4v) is 4.25. The maximum Gasteiger partial charge on any atom is 0.270 e. The van der Waals surface area contributed by atoms with Gasteiger partial charge in [-0.2, -0.15) is 4.98 Å². The molecular weight excluding hydrogens is 476 g/mol. The molecule has 0 spiro atoms. The highest BCUT2D eigenvalue weighted by Gasteiger charge is 2.24. The second-order valence-electron chi connectivity index (χ2n) is 8.87. The molecule has 0 saturated carbocycles. The maximum absolute atomic E-state index is 12.8. The molecule has 1 aliphatic heterocycles. The predicted molar refractivity (Wildman–Crippen MR) is 134 cm³/mol. The highest BCUT2D eigenvalue weighted by molar-refractivity contribution is 5.94. The van der Waals surface area contributed by atoms with Crippen molar-refractivity contribution < 1.29 is 19.0 Å². The van der Waals surface area contributed by atoms with Gasteiger partial charge >= 0.3 is 0 Å².